The maximum absolute atomic E-state index is 2.47. The van der Waals surface area contributed by atoms with Crippen molar-refractivity contribution in [1.82, 2.24) is 0 Å². The fourth-order valence-corrected chi connectivity index (χ4v) is 6.29. The van der Waals surface area contributed by atoms with Crippen LogP contribution in [0.3, 0.4) is 0 Å². The van der Waals surface area contributed by atoms with Gasteiger partial charge in [0.1, 0.15) is 0 Å². The van der Waals surface area contributed by atoms with Crippen LogP contribution in [0.25, 0.3) is 0 Å². The van der Waals surface area contributed by atoms with E-state index in [4.69, 9.17) is 0 Å². The summed E-state index contributed by atoms with van der Waals surface area (Å²) in [6.07, 6.45) is 46.9. The first-order chi connectivity index (χ1) is 19.1. The summed E-state index contributed by atoms with van der Waals surface area (Å²) >= 11 is 0. The first kappa shape index (κ1) is 42.4. The molecular weight excluding hydrogens is 506 g/mol. The van der Waals surface area contributed by atoms with Gasteiger partial charge < -0.3 is 4.48 Å². The molecule has 244 valence electrons. The molecule has 0 fully saturated rings. The molecule has 1 nitrogen and oxygen atoms in total. The zero-order valence-corrected chi connectivity index (χ0v) is 29.8. The molecule has 0 aliphatic heterocycles. The van der Waals surface area contributed by atoms with Gasteiger partial charge in [-0.25, -0.2) is 0 Å². The van der Waals surface area contributed by atoms with Crippen molar-refractivity contribution in [2.24, 2.45) is 0 Å². The second kappa shape index (κ2) is 35.4. The van der Waals surface area contributed by atoms with Crippen molar-refractivity contribution in [2.45, 2.75) is 219 Å². The highest BCUT2D eigenvalue weighted by Gasteiger charge is 2.13. The molecule has 0 saturated heterocycles. The molecule has 0 N–H and O–H groups in total. The molecule has 0 aliphatic carbocycles. The molecule has 0 radical (unpaired) electrons. The largest absolute Gasteiger partial charge is 0.328 e. The minimum absolute atomic E-state index is 0. The average Bonchev–Trinajstić information content (AvgIpc) is 2.92. The summed E-state index contributed by atoms with van der Waals surface area (Å²) < 4.78 is 1.25. The third kappa shape index (κ3) is 36.3. The minimum Gasteiger partial charge on any atom is -0.328 e. The lowest BCUT2D eigenvalue weighted by atomic mass is 10.0. The van der Waals surface area contributed by atoms with Crippen LogP contribution in [0, 0.1) is 12.4 Å². The zero-order chi connectivity index (χ0) is 28.5. The molecule has 0 aromatic rings. The quantitative estimate of drug-likeness (QED) is 0.0518. The molecule has 2 heteroatoms. The lowest BCUT2D eigenvalue weighted by molar-refractivity contribution is -0.890. The van der Waals surface area contributed by atoms with Gasteiger partial charge in [-0.3, -0.25) is 0 Å². The van der Waals surface area contributed by atoms with Gasteiger partial charge in [0.15, 0.2) is 0 Å². The standard InChI is InChI=1S/C38H80N.ClH2/c1-5-7-9-11-13-15-17-19-21-23-25-27-29-31-33-35-37-39(3,4)38-36-34-32-30-28-26-24-22-20-18-16-14-12-10-8-6-2;/h5-38H2,1-4H3;1H2/q2*+1. The van der Waals surface area contributed by atoms with Crippen molar-refractivity contribution >= 4 is 0 Å². The Morgan fingerprint density at radius 3 is 0.575 bits per heavy atom. The van der Waals surface area contributed by atoms with E-state index in [0.29, 0.717) is 0 Å². The van der Waals surface area contributed by atoms with Crippen LogP contribution in [-0.4, -0.2) is 31.7 Å². The van der Waals surface area contributed by atoms with Gasteiger partial charge in [0.25, 0.3) is 0 Å². The number of hydrogen-bond acceptors (Lipinski definition) is 0. The number of halogens is 1. The van der Waals surface area contributed by atoms with Crippen molar-refractivity contribution in [1.29, 1.82) is 0 Å². The molecule has 0 heterocycles. The predicted molar refractivity (Wildman–Crippen MR) is 184 cm³/mol. The van der Waals surface area contributed by atoms with Gasteiger partial charge >= 0.3 is 0 Å². The first-order valence-electron chi connectivity index (χ1n) is 18.9. The maximum Gasteiger partial charge on any atom is 0.0903 e. The van der Waals surface area contributed by atoms with Gasteiger partial charge in [-0.2, -0.15) is 0 Å². The smallest absolute Gasteiger partial charge is 0.0903 e. The van der Waals surface area contributed by atoms with Gasteiger partial charge in [0.05, 0.1) is 39.6 Å². The zero-order valence-electron chi connectivity index (χ0n) is 28.9. The third-order valence-corrected chi connectivity index (χ3v) is 9.23. The van der Waals surface area contributed by atoms with Crippen LogP contribution in [0.15, 0.2) is 0 Å². The van der Waals surface area contributed by atoms with E-state index in [1.54, 1.807) is 0 Å². The van der Waals surface area contributed by atoms with E-state index in [0.717, 1.165) is 0 Å². The normalized spacial score (nSPS) is 11.7. The van der Waals surface area contributed by atoms with Crippen LogP contribution >= 0.6 is 0 Å². The Balaban J connectivity index is 0. The van der Waals surface area contributed by atoms with Gasteiger partial charge in [0.2, 0.25) is 0 Å². The first-order valence-corrected chi connectivity index (χ1v) is 18.9. The van der Waals surface area contributed by atoms with Crippen molar-refractivity contribution in [3.05, 3.63) is 0 Å². The Labute approximate surface area is 262 Å². The summed E-state index contributed by atoms with van der Waals surface area (Å²) in [5.41, 5.74) is 0. The van der Waals surface area contributed by atoms with E-state index in [-0.39, 0.29) is 12.4 Å². The van der Waals surface area contributed by atoms with Gasteiger partial charge in [0, 0.05) is 0 Å². The van der Waals surface area contributed by atoms with E-state index in [1.807, 2.05) is 0 Å². The predicted octanol–water partition coefficient (Wildman–Crippen LogP) is 13.1. The van der Waals surface area contributed by atoms with E-state index in [9.17, 15) is 0 Å². The molecule has 0 saturated carbocycles. The molecule has 0 amide bonds. The van der Waals surface area contributed by atoms with E-state index >= 15 is 0 Å². The number of unbranched alkanes of at least 4 members (excludes halogenated alkanes) is 30. The topological polar surface area (TPSA) is 0 Å². The summed E-state index contributed by atoms with van der Waals surface area (Å²) in [4.78, 5) is 0. The third-order valence-electron chi connectivity index (χ3n) is 9.23. The lowest BCUT2D eigenvalue weighted by Crippen LogP contribution is -2.41. The van der Waals surface area contributed by atoms with Crippen molar-refractivity contribution in [3.63, 3.8) is 0 Å². The summed E-state index contributed by atoms with van der Waals surface area (Å²) in [6, 6.07) is 0. The molecule has 0 spiro atoms. The Kier molecular flexibility index (Phi) is 37.6. The Hall–Kier alpha value is 0.250. The highest BCUT2D eigenvalue weighted by Crippen LogP contribution is 2.16. The van der Waals surface area contributed by atoms with Crippen LogP contribution in [0.1, 0.15) is 219 Å². The number of quaternary nitrogens is 1. The molecule has 0 atom stereocenters. The molecule has 0 aromatic heterocycles. The van der Waals surface area contributed by atoms with Gasteiger partial charge in [-0.15, -0.1) is 0 Å². The summed E-state index contributed by atoms with van der Waals surface area (Å²) in [5.74, 6) is 0. The second-order valence-electron chi connectivity index (χ2n) is 14.0. The second-order valence-corrected chi connectivity index (χ2v) is 14.0. The molecular formula is C38H82ClN+2. The number of rotatable bonds is 34. The Morgan fingerprint density at radius 1 is 0.250 bits per heavy atom. The van der Waals surface area contributed by atoms with Crippen LogP contribution in [0.4, 0.5) is 0 Å². The lowest BCUT2D eigenvalue weighted by Gasteiger charge is -2.30. The maximum atomic E-state index is 2.47. The Bertz CT molecular complexity index is 397. The SMILES string of the molecule is CCCCCCCCCCCCCCCCCC[N+](C)(C)CCCCCCCCCCCCCCCCCC.[ClH2+]. The molecule has 40 heavy (non-hydrogen) atoms. The molecule has 0 bridgehead atoms. The number of hydrogen-bond donors (Lipinski definition) is 0. The summed E-state index contributed by atoms with van der Waals surface area (Å²) in [6.45, 7) is 7.39. The summed E-state index contributed by atoms with van der Waals surface area (Å²) in [7, 11) is 4.94. The highest BCUT2D eigenvalue weighted by molar-refractivity contribution is 4.52. The number of nitrogens with zero attached hydrogens (tertiary/aromatic N) is 1. The van der Waals surface area contributed by atoms with Crippen molar-refractivity contribution in [2.75, 3.05) is 27.2 Å². The fourth-order valence-electron chi connectivity index (χ4n) is 6.29. The fraction of sp³-hybridized carbons (Fsp3) is 1.00. The molecule has 0 aliphatic rings. The Morgan fingerprint density at radius 2 is 0.400 bits per heavy atom. The molecule has 0 unspecified atom stereocenters. The van der Waals surface area contributed by atoms with Crippen LogP contribution in [0.5, 0.6) is 0 Å². The monoisotopic (exact) mass is 588 g/mol. The van der Waals surface area contributed by atoms with E-state index < -0.39 is 0 Å². The van der Waals surface area contributed by atoms with Crippen LogP contribution in [-0.2, 0) is 0 Å². The van der Waals surface area contributed by atoms with Gasteiger partial charge in [-0.05, 0) is 25.7 Å². The average molecular weight is 589 g/mol. The van der Waals surface area contributed by atoms with E-state index in [2.05, 4.69) is 27.9 Å². The van der Waals surface area contributed by atoms with Crippen molar-refractivity contribution in [3.8, 4) is 0 Å². The highest BCUT2D eigenvalue weighted by atomic mass is 35.5. The van der Waals surface area contributed by atoms with Crippen molar-refractivity contribution < 1.29 is 16.9 Å². The molecule has 0 aromatic carbocycles. The van der Waals surface area contributed by atoms with Gasteiger partial charge in [-0.1, -0.05) is 194 Å². The van der Waals surface area contributed by atoms with Crippen LogP contribution in [0.2, 0.25) is 0 Å². The summed E-state index contributed by atoms with van der Waals surface area (Å²) in [5, 5.41) is 0. The van der Waals surface area contributed by atoms with E-state index in [1.165, 1.54) is 223 Å². The minimum atomic E-state index is 0. The van der Waals surface area contributed by atoms with Crippen LogP contribution < -0.4 is 0 Å². The molecule has 0 rings (SSSR count).